The van der Waals surface area contributed by atoms with E-state index >= 15 is 0 Å². The van der Waals surface area contributed by atoms with Gasteiger partial charge in [0, 0.05) is 13.1 Å². The highest BCUT2D eigenvalue weighted by molar-refractivity contribution is 6.14. The zero-order valence-corrected chi connectivity index (χ0v) is 16.1. The summed E-state index contributed by atoms with van der Waals surface area (Å²) in [6.07, 6.45) is 3.11. The first kappa shape index (κ1) is 19.6. The van der Waals surface area contributed by atoms with Gasteiger partial charge in [-0.1, -0.05) is 66.7 Å². The largest absolute Gasteiger partial charge is 0.503 e. The zero-order chi connectivity index (χ0) is 20.1. The van der Waals surface area contributed by atoms with Crippen LogP contribution < -0.4 is 0 Å². The van der Waals surface area contributed by atoms with E-state index in [9.17, 15) is 14.7 Å². The highest BCUT2D eigenvalue weighted by Crippen LogP contribution is 2.37. The lowest BCUT2D eigenvalue weighted by atomic mass is 9.95. The predicted molar refractivity (Wildman–Crippen MR) is 110 cm³/mol. The van der Waals surface area contributed by atoms with E-state index < -0.39 is 17.7 Å². The molecule has 0 bridgehead atoms. The van der Waals surface area contributed by atoms with Crippen molar-refractivity contribution in [2.45, 2.75) is 6.04 Å². The number of aliphatic hydroxyl groups is 1. The van der Waals surface area contributed by atoms with Crippen molar-refractivity contribution in [3.05, 3.63) is 89.2 Å². The number of amides is 1. The average molecular weight is 376 g/mol. The van der Waals surface area contributed by atoms with Crippen LogP contribution in [0.25, 0.3) is 6.08 Å². The van der Waals surface area contributed by atoms with Gasteiger partial charge in [0.05, 0.1) is 11.6 Å². The van der Waals surface area contributed by atoms with Gasteiger partial charge in [-0.05, 0) is 31.3 Å². The van der Waals surface area contributed by atoms with Gasteiger partial charge in [-0.25, -0.2) is 0 Å². The lowest BCUT2D eigenvalue weighted by Gasteiger charge is -2.27. The molecule has 0 spiro atoms. The maximum absolute atomic E-state index is 12.9. The van der Waals surface area contributed by atoms with E-state index in [4.69, 9.17) is 0 Å². The lowest BCUT2D eigenvalue weighted by molar-refractivity contribution is -0.129. The summed E-state index contributed by atoms with van der Waals surface area (Å²) in [6.45, 7) is 1.04. The standard InChI is InChI=1S/C23H24N2O3/c1-24(2)15-16-25-21(18-11-7-4-8-12-18)20(22(27)23(25)28)19(26)14-13-17-9-5-3-6-10-17/h3-14,21,27H,15-16H2,1-2H3/b14-13+. The molecule has 0 radical (unpaired) electrons. The molecule has 144 valence electrons. The molecular formula is C23H24N2O3. The maximum Gasteiger partial charge on any atom is 0.290 e. The fourth-order valence-corrected chi connectivity index (χ4v) is 3.25. The highest BCUT2D eigenvalue weighted by atomic mass is 16.3. The van der Waals surface area contributed by atoms with E-state index in [2.05, 4.69) is 0 Å². The van der Waals surface area contributed by atoms with E-state index in [1.807, 2.05) is 79.7 Å². The molecule has 0 aromatic heterocycles. The van der Waals surface area contributed by atoms with Crippen LogP contribution in [0, 0.1) is 0 Å². The summed E-state index contributed by atoms with van der Waals surface area (Å²) in [5.74, 6) is -1.33. The van der Waals surface area contributed by atoms with E-state index in [0.717, 1.165) is 11.1 Å². The molecule has 0 fully saturated rings. The number of rotatable bonds is 7. The Kier molecular flexibility index (Phi) is 6.06. The minimum absolute atomic E-state index is 0.127. The molecule has 1 atom stereocenters. The van der Waals surface area contributed by atoms with Gasteiger partial charge in [-0.3, -0.25) is 9.59 Å². The van der Waals surface area contributed by atoms with Crippen molar-refractivity contribution in [3.8, 4) is 0 Å². The summed E-state index contributed by atoms with van der Waals surface area (Å²) < 4.78 is 0. The Morgan fingerprint density at radius 3 is 2.29 bits per heavy atom. The second-order valence-electron chi connectivity index (χ2n) is 6.99. The van der Waals surface area contributed by atoms with Crippen LogP contribution in [0.5, 0.6) is 0 Å². The van der Waals surface area contributed by atoms with Gasteiger partial charge in [-0.15, -0.1) is 0 Å². The quantitative estimate of drug-likeness (QED) is 0.754. The molecule has 5 nitrogen and oxygen atoms in total. The Bertz CT molecular complexity index is 902. The fraction of sp³-hybridized carbons (Fsp3) is 0.217. The van der Waals surface area contributed by atoms with Gasteiger partial charge in [0.15, 0.2) is 11.5 Å². The predicted octanol–water partition coefficient (Wildman–Crippen LogP) is 3.23. The van der Waals surface area contributed by atoms with E-state index in [1.54, 1.807) is 11.0 Å². The van der Waals surface area contributed by atoms with Gasteiger partial charge in [0.2, 0.25) is 0 Å². The van der Waals surface area contributed by atoms with Gasteiger partial charge >= 0.3 is 0 Å². The number of nitrogens with zero attached hydrogens (tertiary/aromatic N) is 2. The number of aliphatic hydroxyl groups excluding tert-OH is 1. The first-order chi connectivity index (χ1) is 13.5. The van der Waals surface area contributed by atoms with Gasteiger partial charge in [0.1, 0.15) is 0 Å². The third kappa shape index (κ3) is 4.21. The average Bonchev–Trinajstić information content (AvgIpc) is 2.96. The minimum atomic E-state index is -0.596. The molecule has 2 aromatic rings. The smallest absolute Gasteiger partial charge is 0.290 e. The van der Waals surface area contributed by atoms with Gasteiger partial charge < -0.3 is 14.9 Å². The van der Waals surface area contributed by atoms with Crippen LogP contribution in [0.15, 0.2) is 78.1 Å². The monoisotopic (exact) mass is 376 g/mol. The number of hydrogen-bond donors (Lipinski definition) is 1. The molecular weight excluding hydrogens is 352 g/mol. The third-order valence-corrected chi connectivity index (χ3v) is 4.70. The summed E-state index contributed by atoms with van der Waals surface area (Å²) in [6, 6.07) is 18.2. The molecule has 1 heterocycles. The van der Waals surface area contributed by atoms with Gasteiger partial charge in [0.25, 0.3) is 5.91 Å². The number of allylic oxidation sites excluding steroid dienone is 1. The van der Waals surface area contributed by atoms with E-state index in [1.165, 1.54) is 6.08 Å². The Morgan fingerprint density at radius 1 is 1.07 bits per heavy atom. The van der Waals surface area contributed by atoms with Crippen molar-refractivity contribution >= 4 is 17.8 Å². The topological polar surface area (TPSA) is 60.9 Å². The van der Waals surface area contributed by atoms with Crippen molar-refractivity contribution in [2.24, 2.45) is 0 Å². The Morgan fingerprint density at radius 2 is 1.68 bits per heavy atom. The van der Waals surface area contributed by atoms with Crippen molar-refractivity contribution < 1.29 is 14.7 Å². The molecule has 0 saturated carbocycles. The minimum Gasteiger partial charge on any atom is -0.503 e. The Labute approximate surface area is 165 Å². The Hall–Kier alpha value is -3.18. The summed E-state index contributed by atoms with van der Waals surface area (Å²) in [5.41, 5.74) is 1.80. The van der Waals surface area contributed by atoms with Crippen LogP contribution in [-0.2, 0) is 9.59 Å². The maximum atomic E-state index is 12.9. The Balaban J connectivity index is 1.95. The third-order valence-electron chi connectivity index (χ3n) is 4.70. The van der Waals surface area contributed by atoms with Gasteiger partial charge in [-0.2, -0.15) is 0 Å². The number of benzene rings is 2. The summed E-state index contributed by atoms with van der Waals surface area (Å²) in [4.78, 5) is 29.2. The molecule has 2 aromatic carbocycles. The van der Waals surface area contributed by atoms with Crippen molar-refractivity contribution in [1.29, 1.82) is 0 Å². The van der Waals surface area contributed by atoms with Crippen LogP contribution in [0.1, 0.15) is 17.2 Å². The van der Waals surface area contributed by atoms with Crippen molar-refractivity contribution in [3.63, 3.8) is 0 Å². The first-order valence-electron chi connectivity index (χ1n) is 9.20. The zero-order valence-electron chi connectivity index (χ0n) is 16.1. The molecule has 5 heteroatoms. The number of carbonyl (C=O) groups excluding carboxylic acids is 2. The summed E-state index contributed by atoms with van der Waals surface area (Å²) in [7, 11) is 3.83. The fourth-order valence-electron chi connectivity index (χ4n) is 3.25. The number of hydrogen-bond acceptors (Lipinski definition) is 4. The van der Waals surface area contributed by atoms with Crippen LogP contribution in [0.4, 0.5) is 0 Å². The first-order valence-corrected chi connectivity index (χ1v) is 9.20. The summed E-state index contributed by atoms with van der Waals surface area (Å²) >= 11 is 0. The molecule has 0 saturated heterocycles. The molecule has 3 rings (SSSR count). The van der Waals surface area contributed by atoms with E-state index in [0.29, 0.717) is 13.1 Å². The number of carbonyl (C=O) groups is 2. The SMILES string of the molecule is CN(C)CCN1C(=O)C(O)=C(C(=O)/C=C/c2ccccc2)C1c1ccccc1. The van der Waals surface area contributed by atoms with Crippen LogP contribution in [-0.4, -0.2) is 53.8 Å². The van der Waals surface area contributed by atoms with Crippen LogP contribution in [0.3, 0.4) is 0 Å². The molecule has 1 N–H and O–H groups in total. The van der Waals surface area contributed by atoms with Crippen molar-refractivity contribution in [1.82, 2.24) is 9.80 Å². The molecule has 1 aliphatic rings. The second kappa shape index (κ2) is 8.67. The lowest BCUT2D eigenvalue weighted by Crippen LogP contribution is -2.36. The normalized spacial score (nSPS) is 17.2. The summed E-state index contributed by atoms with van der Waals surface area (Å²) in [5, 5.41) is 10.5. The molecule has 1 unspecified atom stereocenters. The second-order valence-corrected chi connectivity index (χ2v) is 6.99. The molecule has 1 amide bonds. The molecule has 0 aliphatic carbocycles. The van der Waals surface area contributed by atoms with Crippen LogP contribution in [0.2, 0.25) is 0 Å². The highest BCUT2D eigenvalue weighted by Gasteiger charge is 2.42. The van der Waals surface area contributed by atoms with E-state index in [-0.39, 0.29) is 11.4 Å². The van der Waals surface area contributed by atoms with Crippen molar-refractivity contribution in [2.75, 3.05) is 27.2 Å². The number of ketones is 1. The number of likely N-dealkylation sites (N-methyl/N-ethyl adjacent to an activating group) is 1. The van der Waals surface area contributed by atoms with Crippen LogP contribution >= 0.6 is 0 Å². The molecule has 28 heavy (non-hydrogen) atoms. The molecule has 1 aliphatic heterocycles.